The van der Waals surface area contributed by atoms with Gasteiger partial charge in [0.2, 0.25) is 5.91 Å². The van der Waals surface area contributed by atoms with Crippen LogP contribution in [0.25, 0.3) is 0 Å². The Balaban J connectivity index is 2.20. The molecule has 0 aliphatic carbocycles. The van der Waals surface area contributed by atoms with E-state index in [1.54, 1.807) is 18.2 Å². The minimum atomic E-state index is -0.263. The van der Waals surface area contributed by atoms with Crippen LogP contribution in [-0.2, 0) is 14.3 Å². The van der Waals surface area contributed by atoms with Crippen LogP contribution in [0.15, 0.2) is 18.2 Å². The van der Waals surface area contributed by atoms with Crippen molar-refractivity contribution in [2.45, 2.75) is 13.8 Å². The number of nitrogens with one attached hydrogen (secondary N) is 1. The molecule has 0 aliphatic rings. The van der Waals surface area contributed by atoms with E-state index in [2.05, 4.69) is 19.2 Å². The lowest BCUT2D eigenvalue weighted by molar-refractivity contribution is -0.121. The van der Waals surface area contributed by atoms with Gasteiger partial charge in [0.1, 0.15) is 6.61 Å². The summed E-state index contributed by atoms with van der Waals surface area (Å²) in [6.07, 6.45) is 0. The quantitative estimate of drug-likeness (QED) is 0.571. The first-order chi connectivity index (χ1) is 9.49. The molecule has 5 nitrogen and oxygen atoms in total. The minimum absolute atomic E-state index is 0.0360. The van der Waals surface area contributed by atoms with Crippen LogP contribution in [0.2, 0.25) is 5.02 Å². The van der Waals surface area contributed by atoms with E-state index < -0.39 is 0 Å². The summed E-state index contributed by atoms with van der Waals surface area (Å²) in [4.78, 5) is 11.6. The second kappa shape index (κ2) is 8.79. The SMILES string of the molecule is CC(C)COCCOCC(=O)Nc1ccc(N)cc1Cl. The number of benzene rings is 1. The molecule has 1 amide bonds. The number of nitrogens with two attached hydrogens (primary N) is 1. The van der Waals surface area contributed by atoms with Gasteiger partial charge >= 0.3 is 0 Å². The molecular formula is C14H21ClN2O3. The summed E-state index contributed by atoms with van der Waals surface area (Å²) < 4.78 is 10.5. The van der Waals surface area contributed by atoms with Gasteiger partial charge in [-0.3, -0.25) is 4.79 Å². The highest BCUT2D eigenvalue weighted by atomic mass is 35.5. The molecule has 0 unspecified atom stereocenters. The Morgan fingerprint density at radius 2 is 2.05 bits per heavy atom. The van der Waals surface area contributed by atoms with Gasteiger partial charge in [-0.25, -0.2) is 0 Å². The molecule has 0 atom stereocenters. The highest BCUT2D eigenvalue weighted by Crippen LogP contribution is 2.23. The lowest BCUT2D eigenvalue weighted by Gasteiger charge is -2.09. The molecule has 3 N–H and O–H groups in total. The molecule has 0 fully saturated rings. The molecule has 0 bridgehead atoms. The van der Waals surface area contributed by atoms with E-state index in [4.69, 9.17) is 26.8 Å². The first-order valence-electron chi connectivity index (χ1n) is 6.49. The van der Waals surface area contributed by atoms with E-state index in [1.165, 1.54) is 0 Å². The van der Waals surface area contributed by atoms with Crippen LogP contribution in [0.5, 0.6) is 0 Å². The topological polar surface area (TPSA) is 73.6 Å². The van der Waals surface area contributed by atoms with Crippen molar-refractivity contribution >= 4 is 28.9 Å². The molecule has 1 aromatic rings. The van der Waals surface area contributed by atoms with Crippen LogP contribution < -0.4 is 11.1 Å². The maximum Gasteiger partial charge on any atom is 0.250 e. The van der Waals surface area contributed by atoms with Gasteiger partial charge in [-0.1, -0.05) is 25.4 Å². The molecule has 1 rings (SSSR count). The van der Waals surface area contributed by atoms with Crippen LogP contribution in [0, 0.1) is 5.92 Å². The number of hydrogen-bond acceptors (Lipinski definition) is 4. The fraction of sp³-hybridized carbons (Fsp3) is 0.500. The zero-order valence-electron chi connectivity index (χ0n) is 11.8. The number of halogens is 1. The molecule has 0 aliphatic heterocycles. The van der Waals surface area contributed by atoms with Gasteiger partial charge in [-0.15, -0.1) is 0 Å². The zero-order chi connectivity index (χ0) is 15.0. The summed E-state index contributed by atoms with van der Waals surface area (Å²) in [6, 6.07) is 4.90. The van der Waals surface area contributed by atoms with Gasteiger partial charge in [-0.05, 0) is 24.1 Å². The van der Waals surface area contributed by atoms with Crippen LogP contribution in [0.4, 0.5) is 11.4 Å². The second-order valence-electron chi connectivity index (χ2n) is 4.81. The zero-order valence-corrected chi connectivity index (χ0v) is 12.6. The fourth-order valence-corrected chi connectivity index (χ4v) is 1.66. The number of carbonyl (C=O) groups excluding carboxylic acids is 1. The molecule has 6 heteroatoms. The van der Waals surface area contributed by atoms with Crippen LogP contribution in [-0.4, -0.2) is 32.3 Å². The molecule has 0 saturated carbocycles. The first-order valence-corrected chi connectivity index (χ1v) is 6.87. The van der Waals surface area contributed by atoms with E-state index in [0.717, 1.165) is 0 Å². The van der Waals surface area contributed by atoms with Crippen molar-refractivity contribution in [2.24, 2.45) is 5.92 Å². The highest BCUT2D eigenvalue weighted by Gasteiger charge is 2.06. The lowest BCUT2D eigenvalue weighted by Crippen LogP contribution is -2.20. The first kappa shape index (κ1) is 16.8. The summed E-state index contributed by atoms with van der Waals surface area (Å²) in [7, 11) is 0. The number of rotatable bonds is 8. The predicted octanol–water partition coefficient (Wildman–Crippen LogP) is 2.55. The normalized spacial score (nSPS) is 10.8. The summed E-state index contributed by atoms with van der Waals surface area (Å²) in [5.41, 5.74) is 6.64. The Morgan fingerprint density at radius 3 is 2.70 bits per heavy atom. The van der Waals surface area contributed by atoms with Gasteiger partial charge in [-0.2, -0.15) is 0 Å². The molecule has 0 heterocycles. The maximum atomic E-state index is 11.6. The van der Waals surface area contributed by atoms with Crippen molar-refractivity contribution < 1.29 is 14.3 Å². The van der Waals surface area contributed by atoms with Gasteiger partial charge in [0, 0.05) is 12.3 Å². The Hall–Kier alpha value is -1.30. The van der Waals surface area contributed by atoms with Crippen molar-refractivity contribution in [2.75, 3.05) is 37.5 Å². The third kappa shape index (κ3) is 6.75. The maximum absolute atomic E-state index is 11.6. The lowest BCUT2D eigenvalue weighted by atomic mass is 10.2. The van der Waals surface area contributed by atoms with E-state index >= 15 is 0 Å². The monoisotopic (exact) mass is 300 g/mol. The number of nitrogen functional groups attached to an aromatic ring is 1. The smallest absolute Gasteiger partial charge is 0.250 e. The molecule has 0 radical (unpaired) electrons. The van der Waals surface area contributed by atoms with Gasteiger partial charge in [0.05, 0.1) is 23.9 Å². The summed E-state index contributed by atoms with van der Waals surface area (Å²) in [5.74, 6) is 0.228. The van der Waals surface area contributed by atoms with E-state index in [9.17, 15) is 4.79 Å². The summed E-state index contributed by atoms with van der Waals surface area (Å²) in [5, 5.41) is 3.06. The standard InChI is InChI=1S/C14H21ClN2O3/c1-10(2)8-19-5-6-20-9-14(18)17-13-4-3-11(16)7-12(13)15/h3-4,7,10H,5-6,8-9,16H2,1-2H3,(H,17,18). The van der Waals surface area contributed by atoms with E-state index in [1.807, 2.05) is 0 Å². The molecule has 0 saturated heterocycles. The molecular weight excluding hydrogens is 280 g/mol. The van der Waals surface area contributed by atoms with E-state index in [0.29, 0.717) is 42.1 Å². The third-order valence-corrected chi connectivity index (χ3v) is 2.64. The molecule has 1 aromatic carbocycles. The van der Waals surface area contributed by atoms with Crippen molar-refractivity contribution in [3.05, 3.63) is 23.2 Å². The van der Waals surface area contributed by atoms with Crippen LogP contribution >= 0.6 is 11.6 Å². The van der Waals surface area contributed by atoms with Crippen molar-refractivity contribution in [1.29, 1.82) is 0 Å². The van der Waals surface area contributed by atoms with Crippen LogP contribution in [0.1, 0.15) is 13.8 Å². The van der Waals surface area contributed by atoms with Gasteiger partial charge < -0.3 is 20.5 Å². The number of carbonyl (C=O) groups is 1. The van der Waals surface area contributed by atoms with Gasteiger partial charge in [0.15, 0.2) is 0 Å². The Morgan fingerprint density at radius 1 is 1.35 bits per heavy atom. The molecule has 0 spiro atoms. The van der Waals surface area contributed by atoms with Crippen molar-refractivity contribution in [3.63, 3.8) is 0 Å². The molecule has 0 aromatic heterocycles. The molecule has 112 valence electrons. The Kier molecular flexibility index (Phi) is 7.36. The number of ether oxygens (including phenoxy) is 2. The number of hydrogen-bond donors (Lipinski definition) is 2. The summed E-state index contributed by atoms with van der Waals surface area (Å²) >= 11 is 5.95. The Labute approximate surface area is 124 Å². The van der Waals surface area contributed by atoms with Crippen molar-refractivity contribution in [3.8, 4) is 0 Å². The second-order valence-corrected chi connectivity index (χ2v) is 5.22. The van der Waals surface area contributed by atoms with Crippen LogP contribution in [0.3, 0.4) is 0 Å². The Bertz CT molecular complexity index is 438. The van der Waals surface area contributed by atoms with E-state index in [-0.39, 0.29) is 12.5 Å². The predicted molar refractivity (Wildman–Crippen MR) is 81.0 cm³/mol. The highest BCUT2D eigenvalue weighted by molar-refractivity contribution is 6.34. The largest absolute Gasteiger partial charge is 0.399 e. The fourth-order valence-electron chi connectivity index (χ4n) is 1.42. The average molecular weight is 301 g/mol. The third-order valence-electron chi connectivity index (χ3n) is 2.32. The average Bonchev–Trinajstić information content (AvgIpc) is 2.36. The number of amides is 1. The van der Waals surface area contributed by atoms with Crippen molar-refractivity contribution in [1.82, 2.24) is 0 Å². The van der Waals surface area contributed by atoms with Gasteiger partial charge in [0.25, 0.3) is 0 Å². The number of anilines is 2. The minimum Gasteiger partial charge on any atom is -0.399 e. The molecule has 20 heavy (non-hydrogen) atoms. The summed E-state index contributed by atoms with van der Waals surface area (Å²) in [6.45, 7) is 5.67.